The zero-order valence-corrected chi connectivity index (χ0v) is 10.7. The molecule has 0 aliphatic rings. The van der Waals surface area contributed by atoms with E-state index in [0.717, 1.165) is 36.7 Å². The number of imidazole rings is 2. The summed E-state index contributed by atoms with van der Waals surface area (Å²) >= 11 is 0. The lowest BCUT2D eigenvalue weighted by Gasteiger charge is -2.07. The van der Waals surface area contributed by atoms with Crippen molar-refractivity contribution in [1.29, 1.82) is 0 Å². The average Bonchev–Trinajstić information content (AvgIpc) is 3.04. The van der Waals surface area contributed by atoms with Crippen molar-refractivity contribution in [3.05, 3.63) is 30.9 Å². The Balaban J connectivity index is 1.58. The standard InChI is InChI=1S/C12H15N7/c1-9-13-4-6-19(9)5-2-3-14-11-10-12(16-7-15-10)18-8-17-11/h4,6-8H,2-3,5H2,1H3,(H2,14,15,16,17,18). The third-order valence-electron chi connectivity index (χ3n) is 3.01. The maximum atomic E-state index is 4.22. The first-order valence-corrected chi connectivity index (χ1v) is 6.20. The highest BCUT2D eigenvalue weighted by Crippen LogP contribution is 2.14. The van der Waals surface area contributed by atoms with Crippen molar-refractivity contribution in [3.63, 3.8) is 0 Å². The third kappa shape index (κ3) is 2.40. The van der Waals surface area contributed by atoms with E-state index in [1.807, 2.05) is 19.3 Å². The predicted molar refractivity (Wildman–Crippen MR) is 71.8 cm³/mol. The summed E-state index contributed by atoms with van der Waals surface area (Å²) in [5, 5.41) is 3.30. The molecule has 0 amide bonds. The van der Waals surface area contributed by atoms with Crippen LogP contribution in [0.1, 0.15) is 12.2 Å². The third-order valence-corrected chi connectivity index (χ3v) is 3.01. The van der Waals surface area contributed by atoms with E-state index in [0.29, 0.717) is 5.65 Å². The zero-order chi connectivity index (χ0) is 13.1. The Morgan fingerprint density at radius 1 is 1.26 bits per heavy atom. The van der Waals surface area contributed by atoms with E-state index >= 15 is 0 Å². The summed E-state index contributed by atoms with van der Waals surface area (Å²) in [7, 11) is 0. The molecule has 7 heteroatoms. The van der Waals surface area contributed by atoms with Crippen LogP contribution in [0, 0.1) is 6.92 Å². The number of anilines is 1. The van der Waals surface area contributed by atoms with Gasteiger partial charge in [-0.15, -0.1) is 0 Å². The molecule has 0 saturated heterocycles. The molecular weight excluding hydrogens is 242 g/mol. The lowest BCUT2D eigenvalue weighted by atomic mass is 10.4. The summed E-state index contributed by atoms with van der Waals surface area (Å²) in [4.78, 5) is 19.6. The molecule has 0 aliphatic carbocycles. The maximum absolute atomic E-state index is 4.22. The Kier molecular flexibility index (Phi) is 3.09. The molecule has 98 valence electrons. The van der Waals surface area contributed by atoms with Gasteiger partial charge in [0.2, 0.25) is 0 Å². The lowest BCUT2D eigenvalue weighted by molar-refractivity contribution is 0.642. The number of aromatic amines is 1. The number of hydrogen-bond donors (Lipinski definition) is 2. The van der Waals surface area contributed by atoms with Crippen LogP contribution in [0.2, 0.25) is 0 Å². The molecule has 0 saturated carbocycles. The van der Waals surface area contributed by atoms with E-state index in [9.17, 15) is 0 Å². The molecule has 0 unspecified atom stereocenters. The molecule has 0 radical (unpaired) electrons. The largest absolute Gasteiger partial charge is 0.368 e. The Hall–Kier alpha value is -2.44. The van der Waals surface area contributed by atoms with E-state index in [1.54, 1.807) is 6.33 Å². The van der Waals surface area contributed by atoms with Crippen molar-refractivity contribution in [3.8, 4) is 0 Å². The smallest absolute Gasteiger partial charge is 0.182 e. The fraction of sp³-hybridized carbons (Fsp3) is 0.333. The molecule has 2 N–H and O–H groups in total. The number of H-pyrrole nitrogens is 1. The first kappa shape index (κ1) is 11.6. The van der Waals surface area contributed by atoms with Crippen LogP contribution in [-0.2, 0) is 6.54 Å². The van der Waals surface area contributed by atoms with E-state index in [1.165, 1.54) is 6.33 Å². The summed E-state index contributed by atoms with van der Waals surface area (Å²) in [6.07, 6.45) is 7.95. The molecule has 19 heavy (non-hydrogen) atoms. The summed E-state index contributed by atoms with van der Waals surface area (Å²) in [5.74, 6) is 1.84. The van der Waals surface area contributed by atoms with Crippen LogP contribution in [-0.4, -0.2) is 36.0 Å². The first-order chi connectivity index (χ1) is 9.34. The number of aryl methyl sites for hydroxylation is 2. The van der Waals surface area contributed by atoms with Crippen molar-refractivity contribution in [2.75, 3.05) is 11.9 Å². The predicted octanol–water partition coefficient (Wildman–Crippen LogP) is 1.36. The van der Waals surface area contributed by atoms with E-state index < -0.39 is 0 Å². The van der Waals surface area contributed by atoms with Gasteiger partial charge in [0.05, 0.1) is 6.33 Å². The molecule has 0 fully saturated rings. The molecule has 0 spiro atoms. The van der Waals surface area contributed by atoms with Gasteiger partial charge in [-0.2, -0.15) is 0 Å². The van der Waals surface area contributed by atoms with Crippen LogP contribution in [0.5, 0.6) is 0 Å². The second-order valence-corrected chi connectivity index (χ2v) is 4.27. The molecule has 0 aliphatic heterocycles. The van der Waals surface area contributed by atoms with Gasteiger partial charge in [0.15, 0.2) is 11.5 Å². The van der Waals surface area contributed by atoms with Gasteiger partial charge in [0.25, 0.3) is 0 Å². The van der Waals surface area contributed by atoms with Gasteiger partial charge in [0, 0.05) is 25.5 Å². The minimum absolute atomic E-state index is 0.683. The van der Waals surface area contributed by atoms with Crippen molar-refractivity contribution < 1.29 is 0 Å². The first-order valence-electron chi connectivity index (χ1n) is 6.20. The number of hydrogen-bond acceptors (Lipinski definition) is 5. The molecular formula is C12H15N7. The summed E-state index contributed by atoms with van der Waals surface area (Å²) < 4.78 is 2.13. The van der Waals surface area contributed by atoms with Crippen LogP contribution < -0.4 is 5.32 Å². The van der Waals surface area contributed by atoms with Crippen LogP contribution in [0.25, 0.3) is 11.2 Å². The maximum Gasteiger partial charge on any atom is 0.182 e. The van der Waals surface area contributed by atoms with E-state index in [4.69, 9.17) is 0 Å². The van der Waals surface area contributed by atoms with Crippen LogP contribution >= 0.6 is 0 Å². The van der Waals surface area contributed by atoms with Crippen molar-refractivity contribution in [2.45, 2.75) is 19.9 Å². The second kappa shape index (κ2) is 5.05. The number of fused-ring (bicyclic) bond motifs is 1. The fourth-order valence-electron chi connectivity index (χ4n) is 2.00. The molecule has 0 bridgehead atoms. The molecule has 7 nitrogen and oxygen atoms in total. The van der Waals surface area contributed by atoms with Crippen molar-refractivity contribution in [1.82, 2.24) is 29.5 Å². The summed E-state index contributed by atoms with van der Waals surface area (Å²) in [6, 6.07) is 0. The number of nitrogens with zero attached hydrogens (tertiary/aromatic N) is 5. The van der Waals surface area contributed by atoms with Gasteiger partial charge in [-0.1, -0.05) is 0 Å². The van der Waals surface area contributed by atoms with Crippen molar-refractivity contribution in [2.24, 2.45) is 0 Å². The summed E-state index contributed by atoms with van der Waals surface area (Å²) in [6.45, 7) is 3.78. The molecule has 3 aromatic heterocycles. The Bertz CT molecular complexity index is 669. The van der Waals surface area contributed by atoms with Gasteiger partial charge < -0.3 is 14.9 Å². The van der Waals surface area contributed by atoms with Gasteiger partial charge in [-0.25, -0.2) is 19.9 Å². The average molecular weight is 257 g/mol. The minimum atomic E-state index is 0.683. The second-order valence-electron chi connectivity index (χ2n) is 4.27. The minimum Gasteiger partial charge on any atom is -0.368 e. The highest BCUT2D eigenvalue weighted by Gasteiger charge is 2.04. The quantitative estimate of drug-likeness (QED) is 0.674. The molecule has 3 heterocycles. The highest BCUT2D eigenvalue weighted by atomic mass is 15.1. The molecule has 0 aromatic carbocycles. The SMILES string of the molecule is Cc1nccn1CCCNc1ncnc2nc[nH]c12. The van der Waals surface area contributed by atoms with Gasteiger partial charge in [0.1, 0.15) is 17.7 Å². The van der Waals surface area contributed by atoms with Crippen LogP contribution in [0.4, 0.5) is 5.82 Å². The molecule has 0 atom stereocenters. The fourth-order valence-corrected chi connectivity index (χ4v) is 2.00. The molecule has 3 rings (SSSR count). The number of rotatable bonds is 5. The molecule has 3 aromatic rings. The topological polar surface area (TPSA) is 84.3 Å². The Morgan fingerprint density at radius 2 is 2.21 bits per heavy atom. The normalized spacial score (nSPS) is 11.0. The van der Waals surface area contributed by atoms with Crippen LogP contribution in [0.15, 0.2) is 25.0 Å². The van der Waals surface area contributed by atoms with Crippen molar-refractivity contribution >= 4 is 17.0 Å². The van der Waals surface area contributed by atoms with E-state index in [2.05, 4.69) is 34.8 Å². The van der Waals surface area contributed by atoms with Crippen LogP contribution in [0.3, 0.4) is 0 Å². The van der Waals surface area contributed by atoms with E-state index in [-0.39, 0.29) is 0 Å². The van der Waals surface area contributed by atoms with Gasteiger partial charge >= 0.3 is 0 Å². The highest BCUT2D eigenvalue weighted by molar-refractivity contribution is 5.81. The zero-order valence-electron chi connectivity index (χ0n) is 10.7. The Labute approximate surface area is 110 Å². The Morgan fingerprint density at radius 3 is 3.05 bits per heavy atom. The lowest BCUT2D eigenvalue weighted by Crippen LogP contribution is -2.08. The van der Waals surface area contributed by atoms with Gasteiger partial charge in [-0.05, 0) is 13.3 Å². The number of nitrogens with one attached hydrogen (secondary N) is 2. The number of aromatic nitrogens is 6. The monoisotopic (exact) mass is 257 g/mol. The van der Waals surface area contributed by atoms with Gasteiger partial charge in [-0.3, -0.25) is 0 Å². The summed E-state index contributed by atoms with van der Waals surface area (Å²) in [5.41, 5.74) is 1.53.